The van der Waals surface area contributed by atoms with Crippen molar-refractivity contribution in [1.29, 1.82) is 0 Å². The normalized spacial score (nSPS) is 19.7. The highest BCUT2D eigenvalue weighted by Crippen LogP contribution is 2.19. The van der Waals surface area contributed by atoms with E-state index in [1.54, 1.807) is 0 Å². The molecule has 1 aromatic carbocycles. The molecule has 1 aromatic heterocycles. The number of carbonyl (C=O) groups is 1. The van der Waals surface area contributed by atoms with Gasteiger partial charge >= 0.3 is 5.97 Å². The van der Waals surface area contributed by atoms with Crippen molar-refractivity contribution in [1.82, 2.24) is 19.4 Å². The molecule has 0 radical (unpaired) electrons. The smallest absolute Gasteiger partial charge is 0.317 e. The van der Waals surface area contributed by atoms with Gasteiger partial charge in [0, 0.05) is 19.6 Å². The van der Waals surface area contributed by atoms with Crippen LogP contribution in [0.25, 0.3) is 11.0 Å². The van der Waals surface area contributed by atoms with Gasteiger partial charge in [-0.1, -0.05) is 12.1 Å². The van der Waals surface area contributed by atoms with Crippen molar-refractivity contribution in [2.45, 2.75) is 31.8 Å². The molecule has 2 heterocycles. The molecule has 1 N–H and O–H groups in total. The molecular weight excluding hydrogens is 304 g/mol. The Balaban J connectivity index is 1.64. The quantitative estimate of drug-likeness (QED) is 0.908. The van der Waals surface area contributed by atoms with Gasteiger partial charge in [0.25, 0.3) is 0 Å². The fourth-order valence-electron chi connectivity index (χ4n) is 3.62. The largest absolute Gasteiger partial charge is 0.480 e. The third kappa shape index (κ3) is 3.76. The summed E-state index contributed by atoms with van der Waals surface area (Å²) in [5.74, 6) is 0.340. The molecule has 6 nitrogen and oxygen atoms in total. The number of rotatable bonds is 5. The lowest BCUT2D eigenvalue weighted by Crippen LogP contribution is -2.36. The summed E-state index contributed by atoms with van der Waals surface area (Å²) in [6.45, 7) is 2.99. The van der Waals surface area contributed by atoms with E-state index in [-0.39, 0.29) is 6.54 Å². The van der Waals surface area contributed by atoms with Crippen LogP contribution in [0.1, 0.15) is 25.1 Å². The van der Waals surface area contributed by atoms with Crippen LogP contribution in [0, 0.1) is 0 Å². The first-order chi connectivity index (χ1) is 11.5. The first-order valence-electron chi connectivity index (χ1n) is 8.59. The first kappa shape index (κ1) is 16.9. The Kier molecular flexibility index (Phi) is 5.16. The third-order valence-corrected chi connectivity index (χ3v) is 5.04. The van der Waals surface area contributed by atoms with E-state index in [9.17, 15) is 4.79 Å². The highest BCUT2D eigenvalue weighted by molar-refractivity contribution is 5.75. The molecule has 1 atom stereocenters. The van der Waals surface area contributed by atoms with Crippen LogP contribution in [0.2, 0.25) is 0 Å². The van der Waals surface area contributed by atoms with Crippen LogP contribution in [-0.4, -0.2) is 63.2 Å². The van der Waals surface area contributed by atoms with Gasteiger partial charge in [0.05, 0.1) is 24.1 Å². The highest BCUT2D eigenvalue weighted by atomic mass is 16.4. The number of para-hydroxylation sites is 2. The van der Waals surface area contributed by atoms with Crippen molar-refractivity contribution in [3.8, 4) is 0 Å². The average molecular weight is 330 g/mol. The number of aryl methyl sites for hydroxylation is 1. The molecule has 1 aliphatic rings. The van der Waals surface area contributed by atoms with Gasteiger partial charge in [0.15, 0.2) is 0 Å². The maximum atomic E-state index is 10.9. The number of aliphatic carboxylic acids is 1. The van der Waals surface area contributed by atoms with E-state index in [1.807, 2.05) is 24.1 Å². The molecule has 24 heavy (non-hydrogen) atoms. The minimum atomic E-state index is -0.752. The monoisotopic (exact) mass is 330 g/mol. The molecule has 0 aliphatic carbocycles. The Morgan fingerprint density at radius 2 is 2.12 bits per heavy atom. The lowest BCUT2D eigenvalue weighted by molar-refractivity contribution is -0.138. The Morgan fingerprint density at radius 3 is 2.88 bits per heavy atom. The third-order valence-electron chi connectivity index (χ3n) is 5.04. The molecule has 1 unspecified atom stereocenters. The summed E-state index contributed by atoms with van der Waals surface area (Å²) in [5.41, 5.74) is 2.21. The van der Waals surface area contributed by atoms with Gasteiger partial charge in [-0.2, -0.15) is 0 Å². The summed E-state index contributed by atoms with van der Waals surface area (Å²) in [6.07, 6.45) is 3.16. The fraction of sp³-hybridized carbons (Fsp3) is 0.556. The number of fused-ring (bicyclic) bond motifs is 1. The van der Waals surface area contributed by atoms with Crippen molar-refractivity contribution in [2.75, 3.05) is 26.7 Å². The van der Waals surface area contributed by atoms with E-state index in [4.69, 9.17) is 10.1 Å². The lowest BCUT2D eigenvalue weighted by Gasteiger charge is -2.25. The van der Waals surface area contributed by atoms with Crippen molar-refractivity contribution < 1.29 is 9.90 Å². The van der Waals surface area contributed by atoms with Crippen molar-refractivity contribution in [3.63, 3.8) is 0 Å². The molecule has 6 heteroatoms. The summed E-state index contributed by atoms with van der Waals surface area (Å²) in [7, 11) is 3.99. The number of hydrogen-bond acceptors (Lipinski definition) is 4. The van der Waals surface area contributed by atoms with E-state index in [1.165, 1.54) is 5.52 Å². The Hall–Kier alpha value is -1.92. The number of aromatic nitrogens is 2. The predicted octanol–water partition coefficient (Wildman–Crippen LogP) is 1.94. The number of likely N-dealkylation sites (N-methyl/N-ethyl adjacent to an activating group) is 1. The van der Waals surface area contributed by atoms with Crippen LogP contribution in [0.15, 0.2) is 24.3 Å². The second-order valence-electron chi connectivity index (χ2n) is 6.75. The van der Waals surface area contributed by atoms with Crippen LogP contribution in [0.5, 0.6) is 0 Å². The van der Waals surface area contributed by atoms with E-state index < -0.39 is 5.97 Å². The fourth-order valence-corrected chi connectivity index (χ4v) is 3.62. The molecule has 2 aromatic rings. The molecule has 0 bridgehead atoms. The zero-order chi connectivity index (χ0) is 17.1. The number of benzene rings is 1. The van der Waals surface area contributed by atoms with Gasteiger partial charge in [-0.15, -0.1) is 0 Å². The number of nitrogens with zero attached hydrogens (tertiary/aromatic N) is 4. The summed E-state index contributed by atoms with van der Waals surface area (Å²) >= 11 is 0. The Bertz CT molecular complexity index is 712. The summed E-state index contributed by atoms with van der Waals surface area (Å²) in [6, 6.07) is 8.58. The second-order valence-corrected chi connectivity index (χ2v) is 6.75. The maximum absolute atomic E-state index is 10.9. The molecule has 1 saturated heterocycles. The van der Waals surface area contributed by atoms with E-state index in [0.717, 1.165) is 50.2 Å². The minimum absolute atomic E-state index is 0.120. The van der Waals surface area contributed by atoms with E-state index in [0.29, 0.717) is 6.04 Å². The minimum Gasteiger partial charge on any atom is -0.480 e. The van der Waals surface area contributed by atoms with Crippen LogP contribution in [0.3, 0.4) is 0 Å². The van der Waals surface area contributed by atoms with Gasteiger partial charge < -0.3 is 9.67 Å². The molecule has 1 aliphatic heterocycles. The maximum Gasteiger partial charge on any atom is 0.317 e. The number of carboxylic acid groups (broad SMARTS) is 1. The second kappa shape index (κ2) is 7.32. The SMILES string of the molecule is CN(CC(=O)O)C1CCCN(Cc2nc3ccccc3n2C)CC1. The zero-order valence-corrected chi connectivity index (χ0v) is 14.5. The summed E-state index contributed by atoms with van der Waals surface area (Å²) in [5, 5.41) is 8.97. The number of likely N-dealkylation sites (tertiary alicyclic amines) is 1. The Morgan fingerprint density at radius 1 is 1.33 bits per heavy atom. The molecule has 0 amide bonds. The number of imidazole rings is 1. The van der Waals surface area contributed by atoms with Crippen molar-refractivity contribution >= 4 is 17.0 Å². The molecule has 3 rings (SSSR count). The Labute approximate surface area is 142 Å². The van der Waals surface area contributed by atoms with E-state index >= 15 is 0 Å². The predicted molar refractivity (Wildman–Crippen MR) is 93.9 cm³/mol. The van der Waals surface area contributed by atoms with Gasteiger partial charge in [-0.3, -0.25) is 14.6 Å². The summed E-state index contributed by atoms with van der Waals surface area (Å²) in [4.78, 5) is 20.1. The number of carboxylic acids is 1. The van der Waals surface area contributed by atoms with Crippen LogP contribution in [0.4, 0.5) is 0 Å². The molecule has 0 spiro atoms. The lowest BCUT2D eigenvalue weighted by atomic mass is 10.1. The van der Waals surface area contributed by atoms with Gasteiger partial charge in [0.1, 0.15) is 5.82 Å². The van der Waals surface area contributed by atoms with Crippen LogP contribution < -0.4 is 0 Å². The average Bonchev–Trinajstić information content (AvgIpc) is 2.72. The number of hydrogen-bond donors (Lipinski definition) is 1. The topological polar surface area (TPSA) is 61.6 Å². The van der Waals surface area contributed by atoms with Crippen molar-refractivity contribution in [2.24, 2.45) is 7.05 Å². The van der Waals surface area contributed by atoms with E-state index in [2.05, 4.69) is 28.6 Å². The van der Waals surface area contributed by atoms with Gasteiger partial charge in [-0.25, -0.2) is 4.98 Å². The first-order valence-corrected chi connectivity index (χ1v) is 8.59. The molecular formula is C18H26N4O2. The highest BCUT2D eigenvalue weighted by Gasteiger charge is 2.22. The van der Waals surface area contributed by atoms with Gasteiger partial charge in [0.2, 0.25) is 0 Å². The van der Waals surface area contributed by atoms with Crippen molar-refractivity contribution in [3.05, 3.63) is 30.1 Å². The molecule has 0 saturated carbocycles. The van der Waals surface area contributed by atoms with Gasteiger partial charge in [-0.05, 0) is 45.0 Å². The molecule has 130 valence electrons. The summed E-state index contributed by atoms with van der Waals surface area (Å²) < 4.78 is 2.17. The van der Waals surface area contributed by atoms with Crippen LogP contribution in [-0.2, 0) is 18.4 Å². The van der Waals surface area contributed by atoms with Crippen LogP contribution >= 0.6 is 0 Å². The zero-order valence-electron chi connectivity index (χ0n) is 14.5. The molecule has 1 fully saturated rings. The standard InChI is InChI=1S/C18H26N4O2/c1-20(13-18(23)24)14-6-5-10-22(11-9-14)12-17-19-15-7-3-4-8-16(15)21(17)2/h3-4,7-8,14H,5-6,9-13H2,1-2H3,(H,23,24).